The van der Waals surface area contributed by atoms with Crippen molar-refractivity contribution in [3.05, 3.63) is 23.7 Å². The van der Waals surface area contributed by atoms with E-state index in [1.165, 1.54) is 6.26 Å². The van der Waals surface area contributed by atoms with E-state index in [9.17, 15) is 5.11 Å². The van der Waals surface area contributed by atoms with Crippen LogP contribution in [0.3, 0.4) is 0 Å². The summed E-state index contributed by atoms with van der Waals surface area (Å²) < 4.78 is 4.93. The van der Waals surface area contributed by atoms with E-state index >= 15 is 0 Å². The molecular formula is C8H12O4. The SMILES string of the molecule is Cc1cc(C(O)C(O)CO)co1. The zero-order chi connectivity index (χ0) is 9.14. The molecule has 0 saturated heterocycles. The first-order valence-electron chi connectivity index (χ1n) is 3.67. The van der Waals surface area contributed by atoms with Gasteiger partial charge < -0.3 is 19.7 Å². The summed E-state index contributed by atoms with van der Waals surface area (Å²) in [5, 5.41) is 26.9. The van der Waals surface area contributed by atoms with Crippen molar-refractivity contribution in [2.24, 2.45) is 0 Å². The molecule has 0 radical (unpaired) electrons. The summed E-state index contributed by atoms with van der Waals surface area (Å²) in [7, 11) is 0. The Labute approximate surface area is 70.1 Å². The maximum Gasteiger partial charge on any atom is 0.110 e. The molecule has 1 aromatic heterocycles. The van der Waals surface area contributed by atoms with Gasteiger partial charge in [-0.1, -0.05) is 0 Å². The zero-order valence-corrected chi connectivity index (χ0v) is 6.77. The third kappa shape index (κ3) is 1.85. The quantitative estimate of drug-likeness (QED) is 0.598. The second-order valence-corrected chi connectivity index (χ2v) is 2.69. The van der Waals surface area contributed by atoms with Crippen molar-refractivity contribution in [3.63, 3.8) is 0 Å². The monoisotopic (exact) mass is 172 g/mol. The van der Waals surface area contributed by atoms with E-state index < -0.39 is 18.8 Å². The van der Waals surface area contributed by atoms with E-state index in [-0.39, 0.29) is 0 Å². The number of aliphatic hydroxyl groups excluding tert-OH is 3. The lowest BCUT2D eigenvalue weighted by Gasteiger charge is -2.12. The first-order chi connectivity index (χ1) is 5.65. The molecule has 0 aliphatic carbocycles. The third-order valence-electron chi connectivity index (χ3n) is 1.64. The summed E-state index contributed by atoms with van der Waals surface area (Å²) in [5.74, 6) is 0.661. The maximum atomic E-state index is 9.33. The number of hydrogen-bond acceptors (Lipinski definition) is 4. The van der Waals surface area contributed by atoms with E-state index in [4.69, 9.17) is 14.6 Å². The highest BCUT2D eigenvalue weighted by atomic mass is 16.4. The van der Waals surface area contributed by atoms with Crippen LogP contribution >= 0.6 is 0 Å². The Hall–Kier alpha value is -0.840. The van der Waals surface area contributed by atoms with Crippen LogP contribution in [-0.2, 0) is 0 Å². The van der Waals surface area contributed by atoms with Gasteiger partial charge in [-0.2, -0.15) is 0 Å². The summed E-state index contributed by atoms with van der Waals surface area (Å²) >= 11 is 0. The van der Waals surface area contributed by atoms with Crippen LogP contribution in [0.2, 0.25) is 0 Å². The molecule has 0 spiro atoms. The Bertz CT molecular complexity index is 243. The van der Waals surface area contributed by atoms with Gasteiger partial charge in [0.15, 0.2) is 0 Å². The Kier molecular flexibility index (Phi) is 2.86. The molecule has 0 amide bonds. The highest BCUT2D eigenvalue weighted by Crippen LogP contribution is 2.18. The van der Waals surface area contributed by atoms with Gasteiger partial charge in [-0.05, 0) is 13.0 Å². The molecule has 2 atom stereocenters. The van der Waals surface area contributed by atoms with E-state index in [2.05, 4.69) is 0 Å². The smallest absolute Gasteiger partial charge is 0.110 e. The molecule has 0 fully saturated rings. The van der Waals surface area contributed by atoms with E-state index in [1.807, 2.05) is 0 Å². The molecule has 0 aliphatic heterocycles. The summed E-state index contributed by atoms with van der Waals surface area (Å²) in [4.78, 5) is 0. The highest BCUT2D eigenvalue weighted by molar-refractivity contribution is 5.15. The van der Waals surface area contributed by atoms with Crippen LogP contribution < -0.4 is 0 Å². The number of aliphatic hydroxyl groups is 3. The predicted molar refractivity (Wildman–Crippen MR) is 41.5 cm³/mol. The van der Waals surface area contributed by atoms with E-state index in [1.54, 1.807) is 13.0 Å². The molecule has 0 bridgehead atoms. The lowest BCUT2D eigenvalue weighted by Crippen LogP contribution is -2.21. The van der Waals surface area contributed by atoms with Crippen LogP contribution in [0.5, 0.6) is 0 Å². The van der Waals surface area contributed by atoms with Gasteiger partial charge in [0.1, 0.15) is 18.0 Å². The standard InChI is InChI=1S/C8H12O4/c1-5-2-6(4-12-5)8(11)7(10)3-9/h2,4,7-11H,3H2,1H3. The fourth-order valence-electron chi connectivity index (χ4n) is 0.941. The molecule has 68 valence electrons. The maximum absolute atomic E-state index is 9.33. The minimum Gasteiger partial charge on any atom is -0.469 e. The molecule has 4 heteroatoms. The van der Waals surface area contributed by atoms with Crippen LogP contribution in [0.1, 0.15) is 17.4 Å². The van der Waals surface area contributed by atoms with Crippen molar-refractivity contribution < 1.29 is 19.7 Å². The van der Waals surface area contributed by atoms with Crippen molar-refractivity contribution in [3.8, 4) is 0 Å². The van der Waals surface area contributed by atoms with E-state index in [0.717, 1.165) is 0 Å². The number of aryl methyl sites for hydroxylation is 1. The summed E-state index contributed by atoms with van der Waals surface area (Å²) in [6.07, 6.45) is -0.867. The van der Waals surface area contributed by atoms with Crippen molar-refractivity contribution in [1.82, 2.24) is 0 Å². The van der Waals surface area contributed by atoms with Gasteiger partial charge in [0.2, 0.25) is 0 Å². The van der Waals surface area contributed by atoms with Gasteiger partial charge in [0, 0.05) is 5.56 Å². The molecular weight excluding hydrogens is 160 g/mol. The van der Waals surface area contributed by atoms with Gasteiger partial charge in [0.25, 0.3) is 0 Å². The topological polar surface area (TPSA) is 73.8 Å². The van der Waals surface area contributed by atoms with E-state index in [0.29, 0.717) is 11.3 Å². The molecule has 3 N–H and O–H groups in total. The number of furan rings is 1. The van der Waals surface area contributed by atoms with Gasteiger partial charge in [0.05, 0.1) is 12.9 Å². The first-order valence-corrected chi connectivity index (χ1v) is 3.67. The minimum absolute atomic E-state index is 0.467. The van der Waals surface area contributed by atoms with Crippen LogP contribution in [0.25, 0.3) is 0 Å². The van der Waals surface area contributed by atoms with Gasteiger partial charge >= 0.3 is 0 Å². The predicted octanol–water partition coefficient (Wildman–Crippen LogP) is -0.0254. The Balaban J connectivity index is 2.70. The largest absolute Gasteiger partial charge is 0.469 e. The molecule has 2 unspecified atom stereocenters. The molecule has 0 aliphatic rings. The van der Waals surface area contributed by atoms with Crippen LogP contribution in [-0.4, -0.2) is 28.0 Å². The second-order valence-electron chi connectivity index (χ2n) is 2.69. The number of hydrogen-bond donors (Lipinski definition) is 3. The summed E-state index contributed by atoms with van der Waals surface area (Å²) in [5.41, 5.74) is 0.481. The minimum atomic E-state index is -1.15. The van der Waals surface area contributed by atoms with Gasteiger partial charge in [-0.3, -0.25) is 0 Å². The fourth-order valence-corrected chi connectivity index (χ4v) is 0.941. The number of rotatable bonds is 3. The average molecular weight is 172 g/mol. The molecule has 0 aromatic carbocycles. The fraction of sp³-hybridized carbons (Fsp3) is 0.500. The van der Waals surface area contributed by atoms with Crippen LogP contribution in [0, 0.1) is 6.92 Å². The van der Waals surface area contributed by atoms with Gasteiger partial charge in [-0.15, -0.1) is 0 Å². The molecule has 4 nitrogen and oxygen atoms in total. The van der Waals surface area contributed by atoms with Crippen LogP contribution in [0.15, 0.2) is 16.7 Å². The average Bonchev–Trinajstić information content (AvgIpc) is 2.49. The van der Waals surface area contributed by atoms with Crippen molar-refractivity contribution in [2.75, 3.05) is 6.61 Å². The van der Waals surface area contributed by atoms with Crippen molar-refractivity contribution in [1.29, 1.82) is 0 Å². The normalized spacial score (nSPS) is 16.0. The second kappa shape index (κ2) is 3.71. The highest BCUT2D eigenvalue weighted by Gasteiger charge is 2.18. The first kappa shape index (κ1) is 9.25. The molecule has 0 saturated carbocycles. The van der Waals surface area contributed by atoms with Crippen molar-refractivity contribution in [2.45, 2.75) is 19.1 Å². The lowest BCUT2D eigenvalue weighted by atomic mass is 10.1. The lowest BCUT2D eigenvalue weighted by molar-refractivity contribution is -0.0155. The summed E-state index contributed by atoms with van der Waals surface area (Å²) in [6, 6.07) is 1.61. The third-order valence-corrected chi connectivity index (χ3v) is 1.64. The molecule has 12 heavy (non-hydrogen) atoms. The Morgan fingerprint density at radius 2 is 2.17 bits per heavy atom. The molecule has 1 aromatic rings. The van der Waals surface area contributed by atoms with Crippen LogP contribution in [0.4, 0.5) is 0 Å². The Morgan fingerprint density at radius 1 is 1.50 bits per heavy atom. The zero-order valence-electron chi connectivity index (χ0n) is 6.77. The van der Waals surface area contributed by atoms with Crippen molar-refractivity contribution >= 4 is 0 Å². The Morgan fingerprint density at radius 3 is 2.58 bits per heavy atom. The van der Waals surface area contributed by atoms with Gasteiger partial charge in [-0.25, -0.2) is 0 Å². The summed E-state index contributed by atoms with van der Waals surface area (Å²) in [6.45, 7) is 1.27. The molecule has 1 rings (SSSR count). The molecule has 1 heterocycles.